The van der Waals surface area contributed by atoms with E-state index < -0.39 is 25.0 Å². The fourth-order valence-electron chi connectivity index (χ4n) is 1.66. The Bertz CT molecular complexity index is 475. The molecule has 0 aromatic carbocycles. The van der Waals surface area contributed by atoms with E-state index in [2.05, 4.69) is 15.6 Å². The number of aromatic nitrogens is 1. The van der Waals surface area contributed by atoms with Crippen molar-refractivity contribution in [3.8, 4) is 0 Å². The number of halogens is 3. The molecular weight excluding hydrogens is 283 g/mol. The third kappa shape index (κ3) is 6.46. The second kappa shape index (κ2) is 7.85. The third-order valence-corrected chi connectivity index (χ3v) is 2.75. The van der Waals surface area contributed by atoms with Crippen molar-refractivity contribution in [2.75, 3.05) is 18.4 Å². The van der Waals surface area contributed by atoms with E-state index in [1.54, 1.807) is 12.1 Å². The fraction of sp³-hybridized carbons (Fsp3) is 0.571. The minimum atomic E-state index is -4.27. The first-order chi connectivity index (χ1) is 9.85. The highest BCUT2D eigenvalue weighted by molar-refractivity contribution is 5.95. The maximum absolute atomic E-state index is 12.1. The Hall–Kier alpha value is -1.79. The van der Waals surface area contributed by atoms with Crippen LogP contribution in [0.25, 0.3) is 0 Å². The van der Waals surface area contributed by atoms with E-state index in [0.717, 1.165) is 18.7 Å². The first-order valence-electron chi connectivity index (χ1n) is 6.95. The van der Waals surface area contributed by atoms with E-state index in [-0.39, 0.29) is 0 Å². The number of anilines is 1. The van der Waals surface area contributed by atoms with Gasteiger partial charge in [0.25, 0.3) is 5.91 Å². The van der Waals surface area contributed by atoms with E-state index in [1.807, 2.05) is 13.8 Å². The molecule has 0 fully saturated rings. The summed E-state index contributed by atoms with van der Waals surface area (Å²) >= 11 is 0. The largest absolute Gasteiger partial charge is 0.390 e. The Morgan fingerprint density at radius 1 is 1.24 bits per heavy atom. The normalized spacial score (nSPS) is 11.3. The molecule has 0 saturated carbocycles. The number of nitrogens with one attached hydrogen (secondary N) is 2. The van der Waals surface area contributed by atoms with Crippen molar-refractivity contribution in [1.29, 1.82) is 0 Å². The van der Waals surface area contributed by atoms with Crippen molar-refractivity contribution in [2.45, 2.75) is 39.3 Å². The number of aryl methyl sites for hydroxylation is 1. The van der Waals surface area contributed by atoms with Crippen LogP contribution in [0.3, 0.4) is 0 Å². The van der Waals surface area contributed by atoms with Gasteiger partial charge >= 0.3 is 6.18 Å². The van der Waals surface area contributed by atoms with Crippen molar-refractivity contribution >= 4 is 11.7 Å². The van der Waals surface area contributed by atoms with E-state index in [1.165, 1.54) is 0 Å². The van der Waals surface area contributed by atoms with Crippen LogP contribution in [0.5, 0.6) is 0 Å². The summed E-state index contributed by atoms with van der Waals surface area (Å²) in [6.07, 6.45) is -3.75. The number of carbonyl (C=O) groups is 1. The lowest BCUT2D eigenvalue weighted by atomic mass is 10.1. The molecule has 1 rings (SSSR count). The number of amides is 1. The van der Waals surface area contributed by atoms with Crippen LogP contribution >= 0.6 is 0 Å². The number of hydrogen-bond donors (Lipinski definition) is 2. The van der Waals surface area contributed by atoms with Crippen molar-refractivity contribution < 1.29 is 18.0 Å². The molecule has 0 aliphatic rings. The number of alkyl halides is 3. The van der Waals surface area contributed by atoms with Gasteiger partial charge in [0, 0.05) is 24.3 Å². The summed E-state index contributed by atoms with van der Waals surface area (Å²) in [5.41, 5.74) is 1.04. The fourth-order valence-corrected chi connectivity index (χ4v) is 1.66. The monoisotopic (exact) mass is 303 g/mol. The average Bonchev–Trinajstić information content (AvgIpc) is 2.43. The molecular formula is C14H20F3N3O. The van der Waals surface area contributed by atoms with Crippen LogP contribution < -0.4 is 10.6 Å². The Morgan fingerprint density at radius 2 is 1.95 bits per heavy atom. The Labute approximate surface area is 122 Å². The van der Waals surface area contributed by atoms with E-state index in [9.17, 15) is 18.0 Å². The van der Waals surface area contributed by atoms with Gasteiger partial charge in [-0.3, -0.25) is 4.79 Å². The van der Waals surface area contributed by atoms with Gasteiger partial charge in [-0.05, 0) is 25.0 Å². The maximum Gasteiger partial charge on any atom is 0.390 e. The van der Waals surface area contributed by atoms with Gasteiger partial charge in [-0.1, -0.05) is 13.8 Å². The molecule has 1 heterocycles. The molecule has 1 amide bonds. The second-order valence-corrected chi connectivity index (χ2v) is 4.63. The molecule has 1 aromatic heterocycles. The summed E-state index contributed by atoms with van der Waals surface area (Å²) < 4.78 is 36.2. The first-order valence-corrected chi connectivity index (χ1v) is 6.95. The van der Waals surface area contributed by atoms with E-state index >= 15 is 0 Å². The van der Waals surface area contributed by atoms with Gasteiger partial charge in [-0.15, -0.1) is 0 Å². The van der Waals surface area contributed by atoms with Crippen LogP contribution in [-0.4, -0.2) is 30.2 Å². The second-order valence-electron chi connectivity index (χ2n) is 4.63. The predicted molar refractivity (Wildman–Crippen MR) is 75.4 cm³/mol. The summed E-state index contributed by atoms with van der Waals surface area (Å²) in [5.74, 6) is 0.0491. The summed E-state index contributed by atoms with van der Waals surface area (Å²) in [5, 5.41) is 5.35. The van der Waals surface area contributed by atoms with E-state index in [0.29, 0.717) is 17.8 Å². The third-order valence-electron chi connectivity index (χ3n) is 2.75. The van der Waals surface area contributed by atoms with Crippen LogP contribution in [0.4, 0.5) is 19.0 Å². The van der Waals surface area contributed by atoms with Gasteiger partial charge < -0.3 is 10.6 Å². The summed E-state index contributed by atoms with van der Waals surface area (Å²) in [6, 6.07) is 3.15. The molecule has 0 saturated heterocycles. The van der Waals surface area contributed by atoms with Gasteiger partial charge in [-0.25, -0.2) is 4.98 Å². The summed E-state index contributed by atoms with van der Waals surface area (Å²) in [4.78, 5) is 16.2. The quantitative estimate of drug-likeness (QED) is 0.813. The molecule has 0 aliphatic heterocycles. The summed E-state index contributed by atoms with van der Waals surface area (Å²) in [6.45, 7) is 4.19. The van der Waals surface area contributed by atoms with Gasteiger partial charge in [0.2, 0.25) is 0 Å². The van der Waals surface area contributed by atoms with Crippen molar-refractivity contribution in [3.05, 3.63) is 23.4 Å². The summed E-state index contributed by atoms with van der Waals surface area (Å²) in [7, 11) is 0. The minimum Gasteiger partial charge on any atom is -0.370 e. The van der Waals surface area contributed by atoms with Gasteiger partial charge in [0.15, 0.2) is 0 Å². The zero-order chi connectivity index (χ0) is 15.9. The highest BCUT2D eigenvalue weighted by Gasteiger charge is 2.26. The lowest BCUT2D eigenvalue weighted by molar-refractivity contribution is -0.132. The van der Waals surface area contributed by atoms with Crippen molar-refractivity contribution in [3.63, 3.8) is 0 Å². The average molecular weight is 303 g/mol. The van der Waals surface area contributed by atoms with Crippen LogP contribution in [-0.2, 0) is 6.42 Å². The molecule has 0 spiro atoms. The molecule has 0 bridgehead atoms. The molecule has 118 valence electrons. The molecule has 21 heavy (non-hydrogen) atoms. The number of pyridine rings is 1. The Balaban J connectivity index is 2.73. The zero-order valence-corrected chi connectivity index (χ0v) is 12.2. The van der Waals surface area contributed by atoms with Gasteiger partial charge in [-0.2, -0.15) is 13.2 Å². The number of rotatable bonds is 7. The Morgan fingerprint density at radius 3 is 2.52 bits per heavy atom. The molecule has 1 aromatic rings. The van der Waals surface area contributed by atoms with E-state index in [4.69, 9.17) is 0 Å². The standard InChI is InChI=1S/C14H20F3N3O/c1-3-6-18-12-9-10(8-11(4-2)20-12)13(21)19-7-5-14(15,16)17/h8-9H,3-7H2,1-2H3,(H,18,20)(H,19,21). The lowest BCUT2D eigenvalue weighted by Crippen LogP contribution is -2.28. The van der Waals surface area contributed by atoms with Crippen LogP contribution in [0.15, 0.2) is 12.1 Å². The minimum absolute atomic E-state index is 0.322. The van der Waals surface area contributed by atoms with Gasteiger partial charge in [0.05, 0.1) is 6.42 Å². The number of carbonyl (C=O) groups excluding carboxylic acids is 1. The van der Waals surface area contributed by atoms with Crippen LogP contribution in [0, 0.1) is 0 Å². The topological polar surface area (TPSA) is 54.0 Å². The highest BCUT2D eigenvalue weighted by atomic mass is 19.4. The smallest absolute Gasteiger partial charge is 0.370 e. The zero-order valence-electron chi connectivity index (χ0n) is 12.2. The van der Waals surface area contributed by atoms with Crippen molar-refractivity contribution in [1.82, 2.24) is 10.3 Å². The SMILES string of the molecule is CCCNc1cc(C(=O)NCCC(F)(F)F)cc(CC)n1. The molecule has 4 nitrogen and oxygen atoms in total. The molecule has 0 aliphatic carbocycles. The van der Waals surface area contributed by atoms with Crippen molar-refractivity contribution in [2.24, 2.45) is 0 Å². The highest BCUT2D eigenvalue weighted by Crippen LogP contribution is 2.18. The molecule has 2 N–H and O–H groups in total. The first kappa shape index (κ1) is 17.3. The van der Waals surface area contributed by atoms with Crippen LogP contribution in [0.2, 0.25) is 0 Å². The van der Waals surface area contributed by atoms with Crippen LogP contribution in [0.1, 0.15) is 42.7 Å². The van der Waals surface area contributed by atoms with Gasteiger partial charge in [0.1, 0.15) is 5.82 Å². The number of hydrogen-bond acceptors (Lipinski definition) is 3. The molecule has 0 radical (unpaired) electrons. The lowest BCUT2D eigenvalue weighted by Gasteiger charge is -2.11. The molecule has 0 unspecified atom stereocenters. The predicted octanol–water partition coefficient (Wildman–Crippen LogP) is 3.15. The molecule has 0 atom stereocenters. The maximum atomic E-state index is 12.1. The molecule has 7 heteroatoms. The Kier molecular flexibility index (Phi) is 6.45. The number of nitrogens with zero attached hydrogens (tertiary/aromatic N) is 1.